The maximum absolute atomic E-state index is 9.53. The molecule has 1 aliphatic carbocycles. The third-order valence-corrected chi connectivity index (χ3v) is 4.43. The third kappa shape index (κ3) is 2.44. The predicted octanol–water partition coefficient (Wildman–Crippen LogP) is 3.22. The van der Waals surface area contributed by atoms with Crippen LogP contribution in [0.5, 0.6) is 0 Å². The standard InChI is InChI=1S/C14H16N2OS/c17-13-7-5-11(6-8-13)10-1-3-12(4-2-10)14-16-15-9-18-14/h1-4,9,11,13,17H,5-8H2. The molecule has 0 spiro atoms. The fourth-order valence-corrected chi connectivity index (χ4v) is 3.17. The van der Waals surface area contributed by atoms with Crippen molar-refractivity contribution >= 4 is 11.3 Å². The first kappa shape index (κ1) is 11.8. The van der Waals surface area contributed by atoms with E-state index in [2.05, 4.69) is 34.5 Å². The minimum absolute atomic E-state index is 0.0816. The zero-order valence-corrected chi connectivity index (χ0v) is 10.9. The lowest BCUT2D eigenvalue weighted by Crippen LogP contribution is -2.16. The Morgan fingerprint density at radius 1 is 1.06 bits per heavy atom. The maximum Gasteiger partial charge on any atom is 0.147 e. The van der Waals surface area contributed by atoms with E-state index in [0.717, 1.165) is 36.3 Å². The van der Waals surface area contributed by atoms with Crippen molar-refractivity contribution in [2.45, 2.75) is 37.7 Å². The number of benzene rings is 1. The molecule has 0 saturated heterocycles. The van der Waals surface area contributed by atoms with Crippen LogP contribution in [-0.2, 0) is 0 Å². The van der Waals surface area contributed by atoms with E-state index in [9.17, 15) is 5.11 Å². The average molecular weight is 260 g/mol. The molecule has 1 aromatic carbocycles. The van der Waals surface area contributed by atoms with Gasteiger partial charge in [-0.2, -0.15) is 0 Å². The summed E-state index contributed by atoms with van der Waals surface area (Å²) in [6.07, 6.45) is 3.98. The molecule has 0 unspecified atom stereocenters. The molecule has 0 bridgehead atoms. The first-order valence-corrected chi connectivity index (χ1v) is 7.25. The maximum atomic E-state index is 9.53. The zero-order chi connectivity index (χ0) is 12.4. The normalized spacial score (nSPS) is 24.1. The Morgan fingerprint density at radius 2 is 1.78 bits per heavy atom. The van der Waals surface area contributed by atoms with Gasteiger partial charge in [-0.05, 0) is 37.2 Å². The van der Waals surface area contributed by atoms with E-state index >= 15 is 0 Å². The number of hydrogen-bond acceptors (Lipinski definition) is 4. The first-order valence-electron chi connectivity index (χ1n) is 6.37. The second kappa shape index (κ2) is 5.16. The van der Waals surface area contributed by atoms with Gasteiger partial charge in [0.1, 0.15) is 10.5 Å². The van der Waals surface area contributed by atoms with Crippen LogP contribution < -0.4 is 0 Å². The van der Waals surface area contributed by atoms with Crippen LogP contribution >= 0.6 is 11.3 Å². The summed E-state index contributed by atoms with van der Waals surface area (Å²) in [6.45, 7) is 0. The largest absolute Gasteiger partial charge is 0.393 e. The lowest BCUT2D eigenvalue weighted by molar-refractivity contribution is 0.122. The molecule has 3 rings (SSSR count). The van der Waals surface area contributed by atoms with E-state index in [1.807, 2.05) is 0 Å². The Labute approximate surface area is 111 Å². The molecule has 0 amide bonds. The van der Waals surface area contributed by atoms with Crippen LogP contribution in [-0.4, -0.2) is 21.4 Å². The minimum atomic E-state index is -0.0816. The number of rotatable bonds is 2. The van der Waals surface area contributed by atoms with E-state index in [4.69, 9.17) is 0 Å². The van der Waals surface area contributed by atoms with Crippen LogP contribution in [0, 0.1) is 0 Å². The van der Waals surface area contributed by atoms with Crippen molar-refractivity contribution in [2.24, 2.45) is 0 Å². The summed E-state index contributed by atoms with van der Waals surface area (Å²) in [5, 5.41) is 18.4. The molecule has 18 heavy (non-hydrogen) atoms. The van der Waals surface area contributed by atoms with Crippen molar-refractivity contribution < 1.29 is 5.11 Å². The summed E-state index contributed by atoms with van der Waals surface area (Å²) in [7, 11) is 0. The number of nitrogens with zero attached hydrogens (tertiary/aromatic N) is 2. The van der Waals surface area contributed by atoms with Gasteiger partial charge in [-0.3, -0.25) is 0 Å². The van der Waals surface area contributed by atoms with Gasteiger partial charge in [0, 0.05) is 5.56 Å². The number of aliphatic hydroxyl groups excluding tert-OH is 1. The fraction of sp³-hybridized carbons (Fsp3) is 0.429. The van der Waals surface area contributed by atoms with Gasteiger partial charge < -0.3 is 5.11 Å². The fourth-order valence-electron chi connectivity index (χ4n) is 2.61. The molecule has 0 radical (unpaired) electrons. The second-order valence-corrected chi connectivity index (χ2v) is 5.70. The molecule has 1 N–H and O–H groups in total. The summed E-state index contributed by atoms with van der Waals surface area (Å²) in [6, 6.07) is 8.64. The van der Waals surface area contributed by atoms with Gasteiger partial charge in [0.2, 0.25) is 0 Å². The molecule has 1 aromatic heterocycles. The molecule has 1 fully saturated rings. The molecule has 1 saturated carbocycles. The minimum Gasteiger partial charge on any atom is -0.393 e. The van der Waals surface area contributed by atoms with Crippen LogP contribution in [0.2, 0.25) is 0 Å². The second-order valence-electron chi connectivity index (χ2n) is 4.87. The van der Waals surface area contributed by atoms with Gasteiger partial charge in [0.05, 0.1) is 6.10 Å². The first-order chi connectivity index (χ1) is 8.83. The van der Waals surface area contributed by atoms with Gasteiger partial charge in [0.25, 0.3) is 0 Å². The molecule has 0 atom stereocenters. The number of hydrogen-bond donors (Lipinski definition) is 1. The summed E-state index contributed by atoms with van der Waals surface area (Å²) in [4.78, 5) is 0. The summed E-state index contributed by atoms with van der Waals surface area (Å²) >= 11 is 1.56. The molecular weight excluding hydrogens is 244 g/mol. The van der Waals surface area contributed by atoms with Gasteiger partial charge >= 0.3 is 0 Å². The Bertz CT molecular complexity index is 487. The molecular formula is C14H16N2OS. The van der Waals surface area contributed by atoms with Crippen LogP contribution in [0.1, 0.15) is 37.2 Å². The molecule has 2 aromatic rings. The summed E-state index contributed by atoms with van der Waals surface area (Å²) in [5.74, 6) is 0.608. The Morgan fingerprint density at radius 3 is 2.39 bits per heavy atom. The highest BCUT2D eigenvalue weighted by molar-refractivity contribution is 7.12. The van der Waals surface area contributed by atoms with E-state index in [1.54, 1.807) is 16.8 Å². The third-order valence-electron chi connectivity index (χ3n) is 3.69. The molecule has 0 aliphatic heterocycles. The van der Waals surface area contributed by atoms with E-state index < -0.39 is 0 Å². The van der Waals surface area contributed by atoms with Crippen molar-refractivity contribution in [1.29, 1.82) is 0 Å². The Hall–Kier alpha value is -1.26. The van der Waals surface area contributed by atoms with Crippen molar-refractivity contribution in [3.05, 3.63) is 35.3 Å². The summed E-state index contributed by atoms with van der Waals surface area (Å²) in [5.41, 5.74) is 4.28. The Kier molecular flexibility index (Phi) is 3.39. The van der Waals surface area contributed by atoms with Gasteiger partial charge in [-0.15, -0.1) is 10.2 Å². The highest BCUT2D eigenvalue weighted by Crippen LogP contribution is 2.33. The van der Waals surface area contributed by atoms with Crippen LogP contribution in [0.3, 0.4) is 0 Å². The van der Waals surface area contributed by atoms with Gasteiger partial charge in [-0.25, -0.2) is 0 Å². The van der Waals surface area contributed by atoms with Crippen molar-refractivity contribution in [3.63, 3.8) is 0 Å². The summed E-state index contributed by atoms with van der Waals surface area (Å²) < 4.78 is 0. The Balaban J connectivity index is 1.75. The van der Waals surface area contributed by atoms with Crippen LogP contribution in [0.4, 0.5) is 0 Å². The van der Waals surface area contributed by atoms with E-state index in [0.29, 0.717) is 5.92 Å². The monoisotopic (exact) mass is 260 g/mol. The van der Waals surface area contributed by atoms with Crippen LogP contribution in [0.15, 0.2) is 29.8 Å². The highest BCUT2D eigenvalue weighted by atomic mass is 32.1. The number of aliphatic hydroxyl groups is 1. The van der Waals surface area contributed by atoms with Crippen molar-refractivity contribution in [3.8, 4) is 10.6 Å². The topological polar surface area (TPSA) is 46.0 Å². The quantitative estimate of drug-likeness (QED) is 0.901. The molecule has 4 heteroatoms. The van der Waals surface area contributed by atoms with E-state index in [-0.39, 0.29) is 6.10 Å². The lowest BCUT2D eigenvalue weighted by Gasteiger charge is -2.25. The van der Waals surface area contributed by atoms with Gasteiger partial charge in [0.15, 0.2) is 0 Å². The average Bonchev–Trinajstić information content (AvgIpc) is 2.94. The van der Waals surface area contributed by atoms with Crippen LogP contribution in [0.25, 0.3) is 10.6 Å². The molecule has 94 valence electrons. The zero-order valence-electron chi connectivity index (χ0n) is 10.1. The van der Waals surface area contributed by atoms with Crippen molar-refractivity contribution in [1.82, 2.24) is 10.2 Å². The predicted molar refractivity (Wildman–Crippen MR) is 72.6 cm³/mol. The SMILES string of the molecule is OC1CCC(c2ccc(-c3nncs3)cc2)CC1. The number of aromatic nitrogens is 2. The molecule has 1 aliphatic rings. The van der Waals surface area contributed by atoms with Crippen molar-refractivity contribution in [2.75, 3.05) is 0 Å². The lowest BCUT2D eigenvalue weighted by atomic mass is 9.82. The van der Waals surface area contributed by atoms with E-state index in [1.165, 1.54) is 5.56 Å². The molecule has 3 nitrogen and oxygen atoms in total. The smallest absolute Gasteiger partial charge is 0.147 e. The van der Waals surface area contributed by atoms with Gasteiger partial charge in [-0.1, -0.05) is 35.6 Å². The highest BCUT2D eigenvalue weighted by Gasteiger charge is 2.20. The molecule has 1 heterocycles.